The number of hydrogen-bond acceptors (Lipinski definition) is 7. The topological polar surface area (TPSA) is 80.0 Å². The van der Waals surface area contributed by atoms with Gasteiger partial charge in [0.25, 0.3) is 5.56 Å². The third-order valence-electron chi connectivity index (χ3n) is 5.08. The molecule has 0 N–H and O–H groups in total. The lowest BCUT2D eigenvalue weighted by atomic mass is 10.0. The first kappa shape index (κ1) is 16.4. The Kier molecular flexibility index (Phi) is 4.24. The largest absolute Gasteiger partial charge is 0.356 e. The molecule has 1 aliphatic heterocycles. The fraction of sp³-hybridized carbons (Fsp3) is 0.389. The summed E-state index contributed by atoms with van der Waals surface area (Å²) in [5.41, 5.74) is 0.610. The highest BCUT2D eigenvalue weighted by Gasteiger charge is 2.25. The number of pyridine rings is 1. The van der Waals surface area contributed by atoms with Crippen LogP contribution >= 0.6 is 0 Å². The molecule has 134 valence electrons. The third kappa shape index (κ3) is 2.87. The van der Waals surface area contributed by atoms with Crippen LogP contribution < -0.4 is 15.4 Å². The second kappa shape index (κ2) is 6.70. The summed E-state index contributed by atoms with van der Waals surface area (Å²) < 4.78 is 1.64. The molecule has 0 amide bonds. The Hall–Kier alpha value is -3.03. The van der Waals surface area contributed by atoms with E-state index in [4.69, 9.17) is 0 Å². The number of nitrogens with zero attached hydrogens (tertiary/aromatic N) is 7. The van der Waals surface area contributed by atoms with Gasteiger partial charge in [-0.1, -0.05) is 0 Å². The van der Waals surface area contributed by atoms with Crippen LogP contribution in [0.15, 0.2) is 41.8 Å². The van der Waals surface area contributed by atoms with E-state index < -0.39 is 0 Å². The predicted octanol–water partition coefficient (Wildman–Crippen LogP) is 1.22. The number of hydrogen-bond donors (Lipinski definition) is 0. The van der Waals surface area contributed by atoms with E-state index in [1.54, 1.807) is 42.6 Å². The number of aromatic nitrogens is 5. The number of rotatable bonds is 3. The lowest BCUT2D eigenvalue weighted by Crippen LogP contribution is -2.45. The Labute approximate surface area is 151 Å². The SMILES string of the molecule is CN(c1ccncn1)C1CCN(c2nc3cnccc3c(=O)n2C)CC1. The molecule has 1 fully saturated rings. The highest BCUT2D eigenvalue weighted by Crippen LogP contribution is 2.23. The average molecular weight is 351 g/mol. The molecule has 1 aliphatic rings. The first-order valence-corrected chi connectivity index (χ1v) is 8.69. The molecule has 0 spiro atoms. The highest BCUT2D eigenvalue weighted by molar-refractivity contribution is 5.77. The van der Waals surface area contributed by atoms with Gasteiger partial charge in [0.2, 0.25) is 5.95 Å². The van der Waals surface area contributed by atoms with E-state index in [0.29, 0.717) is 22.9 Å². The zero-order valence-electron chi connectivity index (χ0n) is 14.9. The maximum absolute atomic E-state index is 12.6. The van der Waals surface area contributed by atoms with E-state index in [1.165, 1.54) is 0 Å². The van der Waals surface area contributed by atoms with Crippen LogP contribution in [0.5, 0.6) is 0 Å². The molecule has 8 nitrogen and oxygen atoms in total. The van der Waals surface area contributed by atoms with Crippen molar-refractivity contribution in [2.75, 3.05) is 29.9 Å². The quantitative estimate of drug-likeness (QED) is 0.702. The molecule has 0 radical (unpaired) electrons. The summed E-state index contributed by atoms with van der Waals surface area (Å²) in [5, 5.41) is 0.602. The molecule has 3 aromatic rings. The van der Waals surface area contributed by atoms with Crippen molar-refractivity contribution in [2.45, 2.75) is 18.9 Å². The van der Waals surface area contributed by atoms with Gasteiger partial charge in [-0.3, -0.25) is 14.3 Å². The molecule has 4 heterocycles. The molecular formula is C18H21N7O. The summed E-state index contributed by atoms with van der Waals surface area (Å²) in [6, 6.07) is 4.05. The van der Waals surface area contributed by atoms with Gasteiger partial charge in [0.1, 0.15) is 12.1 Å². The summed E-state index contributed by atoms with van der Waals surface area (Å²) in [6.07, 6.45) is 8.55. The van der Waals surface area contributed by atoms with Crippen molar-refractivity contribution in [1.29, 1.82) is 0 Å². The second-order valence-corrected chi connectivity index (χ2v) is 6.57. The number of anilines is 2. The van der Waals surface area contributed by atoms with Crippen molar-refractivity contribution in [3.63, 3.8) is 0 Å². The van der Waals surface area contributed by atoms with Crippen molar-refractivity contribution in [1.82, 2.24) is 24.5 Å². The first-order chi connectivity index (χ1) is 12.6. The van der Waals surface area contributed by atoms with E-state index in [0.717, 1.165) is 31.7 Å². The van der Waals surface area contributed by atoms with Crippen molar-refractivity contribution in [3.05, 3.63) is 47.4 Å². The molecule has 0 atom stereocenters. The third-order valence-corrected chi connectivity index (χ3v) is 5.08. The Morgan fingerprint density at radius 2 is 1.92 bits per heavy atom. The van der Waals surface area contributed by atoms with Gasteiger partial charge in [-0.2, -0.15) is 0 Å². The van der Waals surface area contributed by atoms with Gasteiger partial charge in [-0.15, -0.1) is 0 Å². The molecule has 0 bridgehead atoms. The van der Waals surface area contributed by atoms with Gasteiger partial charge in [0.15, 0.2) is 0 Å². The molecule has 0 aromatic carbocycles. The Bertz CT molecular complexity index is 964. The first-order valence-electron chi connectivity index (χ1n) is 8.69. The molecule has 3 aromatic heterocycles. The Morgan fingerprint density at radius 1 is 1.15 bits per heavy atom. The van der Waals surface area contributed by atoms with Gasteiger partial charge in [-0.05, 0) is 25.0 Å². The normalized spacial score (nSPS) is 15.4. The van der Waals surface area contributed by atoms with Gasteiger partial charge in [0, 0.05) is 45.6 Å². The van der Waals surface area contributed by atoms with Gasteiger partial charge in [-0.25, -0.2) is 15.0 Å². The zero-order valence-corrected chi connectivity index (χ0v) is 14.9. The standard InChI is InChI=1S/C18H21N7O/c1-23(16-4-8-20-12-21-16)13-5-9-25(10-6-13)18-22-15-11-19-7-3-14(15)17(26)24(18)2/h3-4,7-8,11-13H,5-6,9-10H2,1-2H3. The summed E-state index contributed by atoms with van der Waals surface area (Å²) >= 11 is 0. The molecule has 26 heavy (non-hydrogen) atoms. The maximum Gasteiger partial charge on any atom is 0.262 e. The van der Waals surface area contributed by atoms with E-state index in [1.807, 2.05) is 6.07 Å². The molecule has 4 rings (SSSR count). The fourth-order valence-corrected chi connectivity index (χ4v) is 3.53. The van der Waals surface area contributed by atoms with Crippen LogP contribution in [0.4, 0.5) is 11.8 Å². The monoisotopic (exact) mass is 351 g/mol. The van der Waals surface area contributed by atoms with Crippen LogP contribution in [0.3, 0.4) is 0 Å². The summed E-state index contributed by atoms with van der Waals surface area (Å²) in [5.74, 6) is 1.64. The summed E-state index contributed by atoms with van der Waals surface area (Å²) in [4.78, 5) is 34.1. The average Bonchev–Trinajstić information content (AvgIpc) is 2.71. The number of piperidine rings is 1. The Morgan fingerprint density at radius 3 is 2.65 bits per heavy atom. The highest BCUT2D eigenvalue weighted by atomic mass is 16.1. The van der Waals surface area contributed by atoms with Crippen LogP contribution in [-0.2, 0) is 7.05 Å². The van der Waals surface area contributed by atoms with Crippen molar-refractivity contribution in [2.24, 2.45) is 7.05 Å². The van der Waals surface area contributed by atoms with Crippen molar-refractivity contribution < 1.29 is 0 Å². The molecular weight excluding hydrogens is 330 g/mol. The second-order valence-electron chi connectivity index (χ2n) is 6.57. The molecule has 0 unspecified atom stereocenters. The molecule has 0 saturated carbocycles. The summed E-state index contributed by atoms with van der Waals surface area (Å²) in [6.45, 7) is 1.68. The van der Waals surface area contributed by atoms with Crippen molar-refractivity contribution >= 4 is 22.7 Å². The predicted molar refractivity (Wildman–Crippen MR) is 100 cm³/mol. The number of fused-ring (bicyclic) bond motifs is 1. The van der Waals surface area contributed by atoms with Gasteiger partial charge < -0.3 is 9.80 Å². The summed E-state index contributed by atoms with van der Waals surface area (Å²) in [7, 11) is 3.85. The van der Waals surface area contributed by atoms with E-state index in [2.05, 4.69) is 36.8 Å². The van der Waals surface area contributed by atoms with Crippen molar-refractivity contribution in [3.8, 4) is 0 Å². The maximum atomic E-state index is 12.6. The van der Waals surface area contributed by atoms with E-state index in [-0.39, 0.29) is 5.56 Å². The lowest BCUT2D eigenvalue weighted by Gasteiger charge is -2.38. The fourth-order valence-electron chi connectivity index (χ4n) is 3.53. The zero-order chi connectivity index (χ0) is 18.1. The van der Waals surface area contributed by atoms with E-state index >= 15 is 0 Å². The van der Waals surface area contributed by atoms with Crippen LogP contribution in [0.2, 0.25) is 0 Å². The van der Waals surface area contributed by atoms with Crippen LogP contribution in [-0.4, -0.2) is 50.7 Å². The lowest BCUT2D eigenvalue weighted by molar-refractivity contribution is 0.471. The minimum atomic E-state index is -0.0346. The minimum absolute atomic E-state index is 0.0346. The molecule has 8 heteroatoms. The van der Waals surface area contributed by atoms with Crippen LogP contribution in [0, 0.1) is 0 Å². The molecule has 0 aliphatic carbocycles. The minimum Gasteiger partial charge on any atom is -0.356 e. The van der Waals surface area contributed by atoms with E-state index in [9.17, 15) is 4.79 Å². The van der Waals surface area contributed by atoms with Gasteiger partial charge >= 0.3 is 0 Å². The van der Waals surface area contributed by atoms with Gasteiger partial charge in [0.05, 0.1) is 17.1 Å². The smallest absolute Gasteiger partial charge is 0.262 e. The van der Waals surface area contributed by atoms with Crippen LogP contribution in [0.25, 0.3) is 10.9 Å². The molecule has 1 saturated heterocycles. The van der Waals surface area contributed by atoms with Crippen LogP contribution in [0.1, 0.15) is 12.8 Å². The Balaban J connectivity index is 1.54.